The van der Waals surface area contributed by atoms with Crippen molar-refractivity contribution in [1.82, 2.24) is 9.97 Å². The molecule has 1 fully saturated rings. The van der Waals surface area contributed by atoms with Crippen molar-refractivity contribution in [2.75, 3.05) is 12.0 Å². The second-order valence-electron chi connectivity index (χ2n) is 5.01. The third-order valence-electron chi connectivity index (χ3n) is 3.71. The Bertz CT molecular complexity index is 404. The number of anilines is 1. The first-order chi connectivity index (χ1) is 9.28. The van der Waals surface area contributed by atoms with Crippen LogP contribution in [0.5, 0.6) is 0 Å². The lowest BCUT2D eigenvalue weighted by molar-refractivity contribution is 0.0533. The molecule has 0 amide bonds. The normalized spacial score (nSPS) is 17.6. The Hall–Kier alpha value is -1.20. The van der Waals surface area contributed by atoms with Crippen LogP contribution in [0, 0.1) is 0 Å². The van der Waals surface area contributed by atoms with Gasteiger partial charge in [-0.3, -0.25) is 0 Å². The summed E-state index contributed by atoms with van der Waals surface area (Å²) >= 11 is 0. The Morgan fingerprint density at radius 2 is 2.11 bits per heavy atom. The van der Waals surface area contributed by atoms with E-state index in [2.05, 4.69) is 17.3 Å². The molecule has 19 heavy (non-hydrogen) atoms. The number of nitrogens with one attached hydrogen (secondary N) is 1. The van der Waals surface area contributed by atoms with Crippen LogP contribution in [-0.2, 0) is 4.74 Å². The Labute approximate surface area is 114 Å². The summed E-state index contributed by atoms with van der Waals surface area (Å²) in [5.74, 6) is 7.51. The molecular formula is C14H24N4O. The summed E-state index contributed by atoms with van der Waals surface area (Å²) in [5.41, 5.74) is 3.75. The molecule has 1 unspecified atom stereocenters. The van der Waals surface area contributed by atoms with Crippen LogP contribution < -0.4 is 11.3 Å². The van der Waals surface area contributed by atoms with Crippen LogP contribution in [0.1, 0.15) is 69.5 Å². The number of hydrogen-bond acceptors (Lipinski definition) is 5. The predicted octanol–water partition coefficient (Wildman–Crippen LogP) is 2.91. The molecule has 0 bridgehead atoms. The van der Waals surface area contributed by atoms with Gasteiger partial charge in [-0.25, -0.2) is 15.8 Å². The maximum atomic E-state index is 5.70. The minimum Gasteiger partial charge on any atom is -0.371 e. The van der Waals surface area contributed by atoms with Crippen molar-refractivity contribution in [3.8, 4) is 0 Å². The smallest absolute Gasteiger partial charge is 0.159 e. The lowest BCUT2D eigenvalue weighted by Gasteiger charge is -2.17. The first-order valence-electron chi connectivity index (χ1n) is 7.25. The van der Waals surface area contributed by atoms with E-state index in [9.17, 15) is 0 Å². The fourth-order valence-electron chi connectivity index (χ4n) is 2.71. The lowest BCUT2D eigenvalue weighted by atomic mass is 10.0. The zero-order valence-electron chi connectivity index (χ0n) is 11.9. The van der Waals surface area contributed by atoms with Gasteiger partial charge in [-0.05, 0) is 26.2 Å². The van der Waals surface area contributed by atoms with E-state index in [-0.39, 0.29) is 6.10 Å². The van der Waals surface area contributed by atoms with Gasteiger partial charge in [0.05, 0.1) is 0 Å². The molecule has 1 heterocycles. The first kappa shape index (κ1) is 14.2. The summed E-state index contributed by atoms with van der Waals surface area (Å²) in [5, 5.41) is 0. The summed E-state index contributed by atoms with van der Waals surface area (Å²) in [4.78, 5) is 9.16. The fraction of sp³-hybridized carbons (Fsp3) is 0.714. The van der Waals surface area contributed by atoms with Crippen LogP contribution in [0.3, 0.4) is 0 Å². The molecule has 1 aliphatic carbocycles. The zero-order chi connectivity index (χ0) is 13.7. The van der Waals surface area contributed by atoms with E-state index in [1.165, 1.54) is 25.7 Å². The first-order valence-corrected chi connectivity index (χ1v) is 7.25. The summed E-state index contributed by atoms with van der Waals surface area (Å²) in [6.45, 7) is 4.74. The summed E-state index contributed by atoms with van der Waals surface area (Å²) < 4.78 is 5.70. The van der Waals surface area contributed by atoms with Crippen LogP contribution in [0.25, 0.3) is 0 Å². The van der Waals surface area contributed by atoms with Gasteiger partial charge >= 0.3 is 0 Å². The molecule has 106 valence electrons. The molecular weight excluding hydrogens is 240 g/mol. The van der Waals surface area contributed by atoms with Gasteiger partial charge in [-0.15, -0.1) is 0 Å². The number of rotatable bonds is 6. The van der Waals surface area contributed by atoms with Gasteiger partial charge in [0.15, 0.2) is 5.82 Å². The third-order valence-corrected chi connectivity index (χ3v) is 3.71. The van der Waals surface area contributed by atoms with E-state index >= 15 is 0 Å². The van der Waals surface area contributed by atoms with Crippen molar-refractivity contribution < 1.29 is 4.74 Å². The number of nitrogens with two attached hydrogens (primary N) is 1. The van der Waals surface area contributed by atoms with Crippen molar-refractivity contribution in [1.29, 1.82) is 0 Å². The highest BCUT2D eigenvalue weighted by atomic mass is 16.5. The van der Waals surface area contributed by atoms with Gasteiger partial charge in [0.2, 0.25) is 0 Å². The highest BCUT2D eigenvalue weighted by Gasteiger charge is 2.22. The maximum Gasteiger partial charge on any atom is 0.159 e. The molecule has 0 aliphatic heterocycles. The Kier molecular flexibility index (Phi) is 5.10. The van der Waals surface area contributed by atoms with Crippen molar-refractivity contribution in [3.05, 3.63) is 17.6 Å². The number of ether oxygens (including phenoxy) is 1. The standard InChI is InChI=1S/C14H24N4O/c1-3-12(19-4-2)14-16-11(9-13(17-14)18-15)10-7-5-6-8-10/h9-10,12H,3-8,15H2,1-2H3,(H,16,17,18). The quantitative estimate of drug-likeness (QED) is 0.610. The maximum absolute atomic E-state index is 5.70. The van der Waals surface area contributed by atoms with Crippen LogP contribution in [-0.4, -0.2) is 16.6 Å². The minimum atomic E-state index is -0.0431. The molecule has 5 nitrogen and oxygen atoms in total. The van der Waals surface area contributed by atoms with E-state index in [0.717, 1.165) is 17.9 Å². The molecule has 1 saturated carbocycles. The Morgan fingerprint density at radius 3 is 2.68 bits per heavy atom. The van der Waals surface area contributed by atoms with Crippen LogP contribution in [0.15, 0.2) is 6.07 Å². The van der Waals surface area contributed by atoms with Gasteiger partial charge in [0.1, 0.15) is 11.9 Å². The van der Waals surface area contributed by atoms with Gasteiger partial charge < -0.3 is 10.2 Å². The summed E-state index contributed by atoms with van der Waals surface area (Å²) in [6, 6.07) is 1.97. The zero-order valence-corrected chi connectivity index (χ0v) is 11.9. The van der Waals surface area contributed by atoms with Crippen LogP contribution in [0.2, 0.25) is 0 Å². The molecule has 1 aromatic heterocycles. The predicted molar refractivity (Wildman–Crippen MR) is 75.7 cm³/mol. The number of nitrogen functional groups attached to an aromatic ring is 1. The second kappa shape index (κ2) is 6.82. The van der Waals surface area contributed by atoms with E-state index < -0.39 is 0 Å². The molecule has 0 spiro atoms. The number of aromatic nitrogens is 2. The van der Waals surface area contributed by atoms with E-state index in [4.69, 9.17) is 15.6 Å². The highest BCUT2D eigenvalue weighted by molar-refractivity contribution is 5.36. The van der Waals surface area contributed by atoms with Gasteiger partial charge in [0.25, 0.3) is 0 Å². The van der Waals surface area contributed by atoms with Crippen molar-refractivity contribution in [2.24, 2.45) is 5.84 Å². The molecule has 3 N–H and O–H groups in total. The fourth-order valence-corrected chi connectivity index (χ4v) is 2.71. The summed E-state index contributed by atoms with van der Waals surface area (Å²) in [6.07, 6.45) is 5.83. The number of nitrogens with zero attached hydrogens (tertiary/aromatic N) is 2. The molecule has 5 heteroatoms. The van der Waals surface area contributed by atoms with Crippen molar-refractivity contribution in [2.45, 2.75) is 58.0 Å². The SMILES string of the molecule is CCOC(CC)c1nc(NN)cc(C2CCCC2)n1. The topological polar surface area (TPSA) is 73.1 Å². The van der Waals surface area contributed by atoms with Gasteiger partial charge in [-0.2, -0.15) is 0 Å². The molecule has 1 aromatic rings. The highest BCUT2D eigenvalue weighted by Crippen LogP contribution is 2.34. The minimum absolute atomic E-state index is 0.0431. The molecule has 1 atom stereocenters. The molecule has 1 aliphatic rings. The largest absolute Gasteiger partial charge is 0.371 e. The summed E-state index contributed by atoms with van der Waals surface area (Å²) in [7, 11) is 0. The number of hydrazine groups is 1. The Morgan fingerprint density at radius 1 is 1.37 bits per heavy atom. The lowest BCUT2D eigenvalue weighted by Crippen LogP contribution is -2.15. The molecule has 0 saturated heterocycles. The number of hydrogen-bond donors (Lipinski definition) is 2. The monoisotopic (exact) mass is 264 g/mol. The van der Waals surface area contributed by atoms with Gasteiger partial charge in [-0.1, -0.05) is 19.8 Å². The van der Waals surface area contributed by atoms with Crippen LogP contribution >= 0.6 is 0 Å². The molecule has 0 aromatic carbocycles. The molecule has 2 rings (SSSR count). The molecule has 0 radical (unpaired) electrons. The average Bonchev–Trinajstić information content (AvgIpc) is 2.98. The van der Waals surface area contributed by atoms with E-state index in [0.29, 0.717) is 18.3 Å². The Balaban J connectivity index is 2.28. The van der Waals surface area contributed by atoms with Gasteiger partial charge in [0, 0.05) is 24.3 Å². The van der Waals surface area contributed by atoms with Crippen molar-refractivity contribution >= 4 is 5.82 Å². The van der Waals surface area contributed by atoms with E-state index in [1.54, 1.807) is 0 Å². The van der Waals surface area contributed by atoms with Crippen LogP contribution in [0.4, 0.5) is 5.82 Å². The average molecular weight is 264 g/mol. The third kappa shape index (κ3) is 3.42. The van der Waals surface area contributed by atoms with E-state index in [1.807, 2.05) is 13.0 Å². The van der Waals surface area contributed by atoms with Crippen molar-refractivity contribution in [3.63, 3.8) is 0 Å². The second-order valence-corrected chi connectivity index (χ2v) is 5.01.